The lowest BCUT2D eigenvalue weighted by Gasteiger charge is -2.18. The Bertz CT molecular complexity index is 567. The molecule has 0 aliphatic heterocycles. The Balaban J connectivity index is 2.05. The van der Waals surface area contributed by atoms with Gasteiger partial charge in [0.2, 0.25) is 10.0 Å². The third-order valence-corrected chi connectivity index (χ3v) is 5.38. The summed E-state index contributed by atoms with van der Waals surface area (Å²) < 4.78 is 27.4. The highest BCUT2D eigenvalue weighted by molar-refractivity contribution is 7.88. The van der Waals surface area contributed by atoms with Crippen molar-refractivity contribution in [1.29, 1.82) is 0 Å². The van der Waals surface area contributed by atoms with Crippen molar-refractivity contribution in [3.8, 4) is 0 Å². The summed E-state index contributed by atoms with van der Waals surface area (Å²) in [7, 11) is -3.31. The summed E-state index contributed by atoms with van der Waals surface area (Å²) in [5.74, 6) is 0.0112. The van der Waals surface area contributed by atoms with E-state index in [2.05, 4.69) is 18.6 Å². The molecule has 1 saturated carbocycles. The summed E-state index contributed by atoms with van der Waals surface area (Å²) in [6.07, 6.45) is 2.90. The molecular formula is C15H24N2O2S. The number of nitrogens with one attached hydrogen (secondary N) is 1. The van der Waals surface area contributed by atoms with Gasteiger partial charge in [-0.15, -0.1) is 0 Å². The molecule has 1 aliphatic rings. The van der Waals surface area contributed by atoms with E-state index in [4.69, 9.17) is 5.73 Å². The number of sulfonamides is 1. The van der Waals surface area contributed by atoms with Crippen LogP contribution in [0.5, 0.6) is 0 Å². The molecule has 2 rings (SSSR count). The van der Waals surface area contributed by atoms with Crippen LogP contribution < -0.4 is 10.5 Å². The Morgan fingerprint density at radius 3 is 2.50 bits per heavy atom. The van der Waals surface area contributed by atoms with Gasteiger partial charge in [-0.25, -0.2) is 13.1 Å². The topological polar surface area (TPSA) is 72.2 Å². The van der Waals surface area contributed by atoms with Crippen molar-refractivity contribution in [3.05, 3.63) is 35.4 Å². The van der Waals surface area contributed by atoms with Crippen molar-refractivity contribution in [2.24, 2.45) is 11.1 Å². The predicted molar refractivity (Wildman–Crippen MR) is 81.5 cm³/mol. The summed E-state index contributed by atoms with van der Waals surface area (Å²) in [6.45, 7) is 4.73. The molecule has 4 nitrogen and oxygen atoms in total. The van der Waals surface area contributed by atoms with Crippen LogP contribution in [0.3, 0.4) is 0 Å². The van der Waals surface area contributed by atoms with Crippen LogP contribution >= 0.6 is 0 Å². The van der Waals surface area contributed by atoms with Crippen molar-refractivity contribution < 1.29 is 8.42 Å². The van der Waals surface area contributed by atoms with Gasteiger partial charge in [-0.05, 0) is 35.8 Å². The van der Waals surface area contributed by atoms with Crippen LogP contribution in [0.15, 0.2) is 24.3 Å². The Kier molecular flexibility index (Phi) is 4.52. The Morgan fingerprint density at radius 1 is 1.30 bits per heavy atom. The highest BCUT2D eigenvalue weighted by atomic mass is 32.2. The lowest BCUT2D eigenvalue weighted by atomic mass is 9.92. The van der Waals surface area contributed by atoms with E-state index in [-0.39, 0.29) is 17.2 Å². The summed E-state index contributed by atoms with van der Waals surface area (Å²) >= 11 is 0. The number of hydrogen-bond acceptors (Lipinski definition) is 3. The molecule has 1 aromatic rings. The second-order valence-corrected chi connectivity index (χ2v) is 8.21. The van der Waals surface area contributed by atoms with Gasteiger partial charge < -0.3 is 5.73 Å². The van der Waals surface area contributed by atoms with Crippen LogP contribution in [-0.4, -0.2) is 14.5 Å². The van der Waals surface area contributed by atoms with Gasteiger partial charge in [-0.2, -0.15) is 0 Å². The SMILES string of the molecule is CC1(C)CCC(NS(=O)(=O)Cc2ccccc2CN)C1. The maximum Gasteiger partial charge on any atom is 0.216 e. The van der Waals surface area contributed by atoms with Crippen molar-refractivity contribution in [1.82, 2.24) is 4.72 Å². The van der Waals surface area contributed by atoms with Crippen LogP contribution in [-0.2, 0) is 22.3 Å². The summed E-state index contributed by atoms with van der Waals surface area (Å²) in [4.78, 5) is 0. The quantitative estimate of drug-likeness (QED) is 0.874. The molecular weight excluding hydrogens is 272 g/mol. The van der Waals surface area contributed by atoms with Crippen LogP contribution in [0, 0.1) is 5.41 Å². The molecule has 0 heterocycles. The maximum absolute atomic E-state index is 12.3. The molecule has 0 amide bonds. The lowest BCUT2D eigenvalue weighted by Crippen LogP contribution is -2.34. The van der Waals surface area contributed by atoms with Crippen LogP contribution in [0.25, 0.3) is 0 Å². The van der Waals surface area contributed by atoms with Gasteiger partial charge >= 0.3 is 0 Å². The lowest BCUT2D eigenvalue weighted by molar-refractivity contribution is 0.372. The Hall–Kier alpha value is -0.910. The van der Waals surface area contributed by atoms with E-state index in [9.17, 15) is 8.42 Å². The molecule has 0 bridgehead atoms. The minimum atomic E-state index is -3.31. The molecule has 0 radical (unpaired) electrons. The van der Waals surface area contributed by atoms with Gasteiger partial charge in [0, 0.05) is 12.6 Å². The standard InChI is InChI=1S/C15H24N2O2S/c1-15(2)8-7-14(9-15)17-20(18,19)11-13-6-4-3-5-12(13)10-16/h3-6,14,17H,7-11,16H2,1-2H3. The van der Waals surface area contributed by atoms with E-state index >= 15 is 0 Å². The van der Waals surface area contributed by atoms with E-state index < -0.39 is 10.0 Å². The monoisotopic (exact) mass is 296 g/mol. The van der Waals surface area contributed by atoms with E-state index in [0.717, 1.165) is 30.4 Å². The smallest absolute Gasteiger partial charge is 0.216 e. The molecule has 0 saturated heterocycles. The van der Waals surface area contributed by atoms with Crippen LogP contribution in [0.2, 0.25) is 0 Å². The molecule has 1 fully saturated rings. The van der Waals surface area contributed by atoms with Gasteiger partial charge in [0.05, 0.1) is 5.75 Å². The zero-order valence-corrected chi connectivity index (χ0v) is 13.0. The van der Waals surface area contributed by atoms with Crippen molar-refractivity contribution in [3.63, 3.8) is 0 Å². The molecule has 1 atom stereocenters. The number of benzene rings is 1. The van der Waals surface area contributed by atoms with Crippen molar-refractivity contribution in [2.45, 2.75) is 51.4 Å². The minimum absolute atomic E-state index is 0.0112. The molecule has 112 valence electrons. The average molecular weight is 296 g/mol. The fourth-order valence-corrected chi connectivity index (χ4v) is 4.42. The predicted octanol–water partition coefficient (Wildman–Crippen LogP) is 2.14. The van der Waals surface area contributed by atoms with E-state index in [1.165, 1.54) is 0 Å². The molecule has 1 aromatic carbocycles. The van der Waals surface area contributed by atoms with Gasteiger partial charge in [-0.1, -0.05) is 38.1 Å². The highest BCUT2D eigenvalue weighted by Gasteiger charge is 2.33. The highest BCUT2D eigenvalue weighted by Crippen LogP contribution is 2.37. The molecule has 0 aromatic heterocycles. The van der Waals surface area contributed by atoms with Gasteiger partial charge in [-0.3, -0.25) is 0 Å². The number of hydrogen-bond donors (Lipinski definition) is 2. The summed E-state index contributed by atoms with van der Waals surface area (Å²) in [5.41, 5.74) is 7.58. The number of nitrogens with two attached hydrogens (primary N) is 1. The second kappa shape index (κ2) is 5.84. The van der Waals surface area contributed by atoms with Crippen LogP contribution in [0.4, 0.5) is 0 Å². The van der Waals surface area contributed by atoms with Crippen LogP contribution in [0.1, 0.15) is 44.2 Å². The number of rotatable bonds is 5. The Morgan fingerprint density at radius 2 is 1.95 bits per heavy atom. The zero-order valence-electron chi connectivity index (χ0n) is 12.2. The van der Waals surface area contributed by atoms with Gasteiger partial charge in [0.25, 0.3) is 0 Å². The first-order valence-corrected chi connectivity index (χ1v) is 8.73. The first-order chi connectivity index (χ1) is 9.31. The third-order valence-electron chi connectivity index (χ3n) is 4.00. The molecule has 3 N–H and O–H groups in total. The third kappa shape index (κ3) is 4.04. The maximum atomic E-state index is 12.3. The minimum Gasteiger partial charge on any atom is -0.326 e. The Labute approximate surface area is 121 Å². The van der Waals surface area contributed by atoms with Gasteiger partial charge in [0.1, 0.15) is 0 Å². The fourth-order valence-electron chi connectivity index (χ4n) is 2.93. The fraction of sp³-hybridized carbons (Fsp3) is 0.600. The average Bonchev–Trinajstić information content (AvgIpc) is 2.68. The molecule has 0 spiro atoms. The molecule has 1 unspecified atom stereocenters. The summed E-state index contributed by atoms with van der Waals surface area (Å²) in [5, 5.41) is 0. The van der Waals surface area contributed by atoms with Crippen molar-refractivity contribution in [2.75, 3.05) is 0 Å². The summed E-state index contributed by atoms with van der Waals surface area (Å²) in [6, 6.07) is 7.51. The van der Waals surface area contributed by atoms with E-state index in [1.54, 1.807) is 0 Å². The van der Waals surface area contributed by atoms with E-state index in [1.807, 2.05) is 24.3 Å². The van der Waals surface area contributed by atoms with Gasteiger partial charge in [0.15, 0.2) is 0 Å². The largest absolute Gasteiger partial charge is 0.326 e. The van der Waals surface area contributed by atoms with E-state index in [0.29, 0.717) is 6.54 Å². The zero-order chi connectivity index (χ0) is 14.8. The molecule has 1 aliphatic carbocycles. The second-order valence-electron chi connectivity index (χ2n) is 6.45. The first kappa shape index (κ1) is 15.5. The molecule has 5 heteroatoms. The normalized spacial score (nSPS) is 22.1. The molecule has 20 heavy (non-hydrogen) atoms. The van der Waals surface area contributed by atoms with Crippen molar-refractivity contribution >= 4 is 10.0 Å². The first-order valence-electron chi connectivity index (χ1n) is 7.08.